The molecule has 2 heterocycles. The van der Waals surface area contributed by atoms with Crippen LogP contribution in [-0.4, -0.2) is 62.5 Å². The van der Waals surface area contributed by atoms with Crippen LogP contribution in [0, 0.1) is 11.7 Å². The molecule has 9 heteroatoms. The van der Waals surface area contributed by atoms with Gasteiger partial charge in [0.05, 0.1) is 0 Å². The Morgan fingerprint density at radius 3 is 2.38 bits per heavy atom. The van der Waals surface area contributed by atoms with Crippen LogP contribution in [0.3, 0.4) is 0 Å². The molecule has 29 heavy (non-hydrogen) atoms. The molecule has 2 aliphatic heterocycles. The minimum Gasteiger partial charge on any atom is -0.368 e. The van der Waals surface area contributed by atoms with Crippen molar-refractivity contribution in [2.75, 3.05) is 50.7 Å². The third-order valence-electron chi connectivity index (χ3n) is 5.43. The number of anilines is 1. The Labute approximate surface area is 184 Å². The molecule has 164 valence electrons. The van der Waals surface area contributed by atoms with Crippen LogP contribution >= 0.6 is 24.8 Å². The smallest absolute Gasteiger partial charge is 0.224 e. The summed E-state index contributed by atoms with van der Waals surface area (Å²) < 4.78 is 13.0. The number of carbonyl (C=O) groups excluding carboxylic acids is 2. The van der Waals surface area contributed by atoms with E-state index in [4.69, 9.17) is 0 Å². The topological polar surface area (TPSA) is 64.7 Å². The Hall–Kier alpha value is -1.57. The van der Waals surface area contributed by atoms with E-state index in [9.17, 15) is 14.0 Å². The van der Waals surface area contributed by atoms with Gasteiger partial charge in [0.1, 0.15) is 5.82 Å². The molecule has 1 aromatic rings. The van der Waals surface area contributed by atoms with Crippen molar-refractivity contribution in [3.63, 3.8) is 0 Å². The maximum atomic E-state index is 13.0. The molecule has 0 aliphatic carbocycles. The lowest BCUT2D eigenvalue weighted by Gasteiger charge is -2.36. The van der Waals surface area contributed by atoms with Crippen LogP contribution in [0.15, 0.2) is 24.3 Å². The van der Waals surface area contributed by atoms with Crippen molar-refractivity contribution in [3.8, 4) is 0 Å². The standard InChI is InChI=1S/C20H29FN4O2.2ClH/c21-17-2-4-18(5-3-17)24-11-13-25(14-12-24)20(27)8-10-23-19(26)6-1-16-7-9-22-15-16;;/h2-5,16,22H,1,6-15H2,(H,23,26);2*1H. The fourth-order valence-corrected chi connectivity index (χ4v) is 3.72. The van der Waals surface area contributed by atoms with Gasteiger partial charge in [-0.15, -0.1) is 24.8 Å². The molecule has 1 unspecified atom stereocenters. The zero-order valence-electron chi connectivity index (χ0n) is 16.6. The van der Waals surface area contributed by atoms with E-state index in [-0.39, 0.29) is 42.4 Å². The average Bonchev–Trinajstić information content (AvgIpc) is 3.21. The largest absolute Gasteiger partial charge is 0.368 e. The van der Waals surface area contributed by atoms with Gasteiger partial charge in [0.25, 0.3) is 0 Å². The van der Waals surface area contributed by atoms with Crippen LogP contribution in [0.25, 0.3) is 0 Å². The molecule has 0 aromatic heterocycles. The minimum absolute atomic E-state index is 0. The summed E-state index contributed by atoms with van der Waals surface area (Å²) in [6.45, 7) is 5.24. The Morgan fingerprint density at radius 2 is 1.76 bits per heavy atom. The first-order valence-electron chi connectivity index (χ1n) is 9.87. The summed E-state index contributed by atoms with van der Waals surface area (Å²) >= 11 is 0. The number of hydrogen-bond acceptors (Lipinski definition) is 4. The maximum absolute atomic E-state index is 13.0. The molecular formula is C20H31Cl2FN4O2. The number of nitrogens with one attached hydrogen (secondary N) is 2. The van der Waals surface area contributed by atoms with Crippen LogP contribution in [0.2, 0.25) is 0 Å². The van der Waals surface area contributed by atoms with Crippen molar-refractivity contribution in [2.45, 2.75) is 25.7 Å². The first-order chi connectivity index (χ1) is 13.1. The highest BCUT2D eigenvalue weighted by Crippen LogP contribution is 2.17. The van der Waals surface area contributed by atoms with E-state index < -0.39 is 0 Å². The highest BCUT2D eigenvalue weighted by molar-refractivity contribution is 5.85. The summed E-state index contributed by atoms with van der Waals surface area (Å²) in [6, 6.07) is 6.45. The molecule has 2 amide bonds. The van der Waals surface area contributed by atoms with Gasteiger partial charge in [0, 0.05) is 51.3 Å². The van der Waals surface area contributed by atoms with Gasteiger partial charge < -0.3 is 20.4 Å². The fraction of sp³-hybridized carbons (Fsp3) is 0.600. The monoisotopic (exact) mass is 448 g/mol. The highest BCUT2D eigenvalue weighted by Gasteiger charge is 2.21. The van der Waals surface area contributed by atoms with Gasteiger partial charge in [-0.25, -0.2) is 4.39 Å². The lowest BCUT2D eigenvalue weighted by molar-refractivity contribution is -0.131. The van der Waals surface area contributed by atoms with Gasteiger partial charge >= 0.3 is 0 Å². The number of nitrogens with zero attached hydrogens (tertiary/aromatic N) is 2. The lowest BCUT2D eigenvalue weighted by Crippen LogP contribution is -2.49. The van der Waals surface area contributed by atoms with E-state index in [1.807, 2.05) is 4.90 Å². The SMILES string of the molecule is Cl.Cl.O=C(CCC1CCNC1)NCCC(=O)N1CCN(c2ccc(F)cc2)CC1. The highest BCUT2D eigenvalue weighted by atomic mass is 35.5. The van der Waals surface area contributed by atoms with Crippen LogP contribution in [0.5, 0.6) is 0 Å². The van der Waals surface area contributed by atoms with Crippen LogP contribution < -0.4 is 15.5 Å². The summed E-state index contributed by atoms with van der Waals surface area (Å²) in [5.41, 5.74) is 0.980. The molecular weight excluding hydrogens is 418 g/mol. The van der Waals surface area contributed by atoms with Crippen molar-refractivity contribution in [1.82, 2.24) is 15.5 Å². The Kier molecular flexibility index (Phi) is 11.3. The number of halogens is 3. The summed E-state index contributed by atoms with van der Waals surface area (Å²) in [7, 11) is 0. The normalized spacial score (nSPS) is 18.6. The Bertz CT molecular complexity index is 634. The van der Waals surface area contributed by atoms with Gasteiger partial charge in [-0.05, 0) is 56.1 Å². The molecule has 2 aliphatic rings. The molecule has 1 aromatic carbocycles. The fourth-order valence-electron chi connectivity index (χ4n) is 3.72. The second-order valence-electron chi connectivity index (χ2n) is 7.34. The lowest BCUT2D eigenvalue weighted by atomic mass is 10.0. The number of rotatable bonds is 7. The Balaban J connectivity index is 0.00000210. The maximum Gasteiger partial charge on any atom is 0.224 e. The van der Waals surface area contributed by atoms with Crippen LogP contribution in [-0.2, 0) is 9.59 Å². The predicted molar refractivity (Wildman–Crippen MR) is 118 cm³/mol. The molecule has 0 saturated carbocycles. The van der Waals surface area contributed by atoms with E-state index in [0.717, 1.165) is 44.7 Å². The summed E-state index contributed by atoms with van der Waals surface area (Å²) in [5, 5.41) is 6.17. The minimum atomic E-state index is -0.241. The van der Waals surface area contributed by atoms with E-state index >= 15 is 0 Å². The molecule has 1 atom stereocenters. The third-order valence-corrected chi connectivity index (χ3v) is 5.43. The number of carbonyl (C=O) groups is 2. The average molecular weight is 449 g/mol. The zero-order chi connectivity index (χ0) is 19.1. The number of piperazine rings is 1. The van der Waals surface area contributed by atoms with Gasteiger partial charge in [-0.3, -0.25) is 9.59 Å². The van der Waals surface area contributed by atoms with Crippen molar-refractivity contribution in [3.05, 3.63) is 30.1 Å². The molecule has 3 rings (SSSR count). The van der Waals surface area contributed by atoms with Crippen molar-refractivity contribution < 1.29 is 14.0 Å². The van der Waals surface area contributed by atoms with Crippen molar-refractivity contribution in [2.24, 2.45) is 5.92 Å². The van der Waals surface area contributed by atoms with Gasteiger partial charge in [0.2, 0.25) is 11.8 Å². The van der Waals surface area contributed by atoms with Crippen LogP contribution in [0.1, 0.15) is 25.7 Å². The molecule has 2 N–H and O–H groups in total. The number of benzene rings is 1. The van der Waals surface area contributed by atoms with E-state index in [0.29, 0.717) is 38.4 Å². The van der Waals surface area contributed by atoms with E-state index in [1.165, 1.54) is 12.1 Å². The first-order valence-corrected chi connectivity index (χ1v) is 9.87. The molecule has 0 bridgehead atoms. The molecule has 2 saturated heterocycles. The van der Waals surface area contributed by atoms with Gasteiger partial charge in [-0.1, -0.05) is 0 Å². The van der Waals surface area contributed by atoms with Gasteiger partial charge in [-0.2, -0.15) is 0 Å². The second-order valence-corrected chi connectivity index (χ2v) is 7.34. The van der Waals surface area contributed by atoms with Crippen molar-refractivity contribution >= 4 is 42.3 Å². The zero-order valence-corrected chi connectivity index (χ0v) is 18.2. The molecule has 0 radical (unpaired) electrons. The molecule has 2 fully saturated rings. The molecule has 0 spiro atoms. The van der Waals surface area contributed by atoms with E-state index in [1.54, 1.807) is 12.1 Å². The molecule has 6 nitrogen and oxygen atoms in total. The summed E-state index contributed by atoms with van der Waals surface area (Å²) in [4.78, 5) is 28.2. The van der Waals surface area contributed by atoms with Crippen LogP contribution in [0.4, 0.5) is 10.1 Å². The van der Waals surface area contributed by atoms with Crippen molar-refractivity contribution in [1.29, 1.82) is 0 Å². The number of hydrogen-bond donors (Lipinski definition) is 2. The Morgan fingerprint density at radius 1 is 1.07 bits per heavy atom. The van der Waals surface area contributed by atoms with E-state index in [2.05, 4.69) is 15.5 Å². The second kappa shape index (κ2) is 12.9. The van der Waals surface area contributed by atoms with Gasteiger partial charge in [0.15, 0.2) is 0 Å². The summed E-state index contributed by atoms with van der Waals surface area (Å²) in [5.74, 6) is 0.481. The third kappa shape index (κ3) is 7.99. The number of amides is 2. The predicted octanol–water partition coefficient (Wildman–Crippen LogP) is 2.21. The quantitative estimate of drug-likeness (QED) is 0.670. The first kappa shape index (κ1) is 25.5. The summed E-state index contributed by atoms with van der Waals surface area (Å²) in [6.07, 6.45) is 2.94.